The van der Waals surface area contributed by atoms with Gasteiger partial charge in [-0.2, -0.15) is 0 Å². The van der Waals surface area contributed by atoms with Crippen molar-refractivity contribution in [3.05, 3.63) is 55.0 Å². The minimum Gasteiger partial charge on any atom is -0.495 e. The first-order valence-corrected chi connectivity index (χ1v) is 13.3. The molecule has 0 atom stereocenters. The number of morpholine rings is 1. The van der Waals surface area contributed by atoms with Crippen molar-refractivity contribution in [1.29, 1.82) is 0 Å². The molecule has 0 spiro atoms. The largest absolute Gasteiger partial charge is 0.495 e. The lowest BCUT2D eigenvalue weighted by Gasteiger charge is -2.37. The summed E-state index contributed by atoms with van der Waals surface area (Å²) in [5.41, 5.74) is 1.99. The third-order valence-electron chi connectivity index (χ3n) is 6.12. The molecule has 2 saturated heterocycles. The summed E-state index contributed by atoms with van der Waals surface area (Å²) in [6, 6.07) is 8.72. The van der Waals surface area contributed by atoms with Crippen LogP contribution >= 0.6 is 44.1 Å². The lowest BCUT2D eigenvalue weighted by molar-refractivity contribution is -0.384. The van der Waals surface area contributed by atoms with Crippen molar-refractivity contribution in [3.8, 4) is 5.75 Å². The minimum atomic E-state index is -0.355. The Bertz CT molecular complexity index is 1170. The lowest BCUT2D eigenvalue weighted by atomic mass is 10.1. The van der Waals surface area contributed by atoms with Crippen LogP contribution in [0.1, 0.15) is 10.4 Å². The van der Waals surface area contributed by atoms with E-state index in [1.165, 1.54) is 7.11 Å². The lowest BCUT2D eigenvalue weighted by Crippen LogP contribution is -2.52. The number of methoxy groups -OCH3 is 1. The van der Waals surface area contributed by atoms with Crippen LogP contribution in [0.2, 0.25) is 0 Å². The molecular formula is C23H25Br2N5O5S. The number of halogens is 2. The molecule has 0 aromatic heterocycles. The average Bonchev–Trinajstić information content (AvgIpc) is 2.88. The Morgan fingerprint density at radius 2 is 1.78 bits per heavy atom. The van der Waals surface area contributed by atoms with E-state index in [1.54, 1.807) is 24.3 Å². The van der Waals surface area contributed by atoms with Crippen molar-refractivity contribution >= 4 is 72.2 Å². The highest BCUT2D eigenvalue weighted by Crippen LogP contribution is 2.34. The van der Waals surface area contributed by atoms with Gasteiger partial charge in [0.05, 0.1) is 35.3 Å². The fraction of sp³-hybridized carbons (Fsp3) is 0.391. The van der Waals surface area contributed by atoms with Crippen molar-refractivity contribution in [2.75, 3.05) is 69.4 Å². The van der Waals surface area contributed by atoms with E-state index in [0.29, 0.717) is 79.1 Å². The van der Waals surface area contributed by atoms with Crippen LogP contribution in [0.15, 0.2) is 39.3 Å². The number of amides is 1. The SMILES string of the molecule is COc1c(Br)cc(Br)cc1C(=O)NC(=S)N1CCN(c2ccc([N+](=O)[O-])c(N3CCOCC3)c2)CC1. The molecule has 0 saturated carbocycles. The van der Waals surface area contributed by atoms with E-state index in [0.717, 1.165) is 10.2 Å². The fourth-order valence-corrected chi connectivity index (χ4v) is 5.93. The third-order valence-corrected chi connectivity index (χ3v) is 7.52. The van der Waals surface area contributed by atoms with E-state index in [2.05, 4.69) is 42.1 Å². The first kappa shape index (κ1) is 26.6. The number of nitrogens with zero attached hydrogens (tertiary/aromatic N) is 4. The molecule has 4 rings (SSSR count). The van der Waals surface area contributed by atoms with Gasteiger partial charge in [0.15, 0.2) is 5.11 Å². The number of benzene rings is 2. The second kappa shape index (κ2) is 11.7. The number of hydrogen-bond acceptors (Lipinski definition) is 8. The zero-order valence-corrected chi connectivity index (χ0v) is 23.5. The van der Waals surface area contributed by atoms with Gasteiger partial charge in [0.25, 0.3) is 11.6 Å². The fourth-order valence-electron chi connectivity index (χ4n) is 4.27. The first-order valence-electron chi connectivity index (χ1n) is 11.3. The van der Waals surface area contributed by atoms with Crippen molar-refractivity contribution in [2.24, 2.45) is 0 Å². The van der Waals surface area contributed by atoms with Crippen molar-refractivity contribution in [1.82, 2.24) is 10.2 Å². The van der Waals surface area contributed by atoms with E-state index in [4.69, 9.17) is 21.7 Å². The molecule has 0 radical (unpaired) electrons. The van der Waals surface area contributed by atoms with Gasteiger partial charge in [-0.3, -0.25) is 20.2 Å². The van der Waals surface area contributed by atoms with E-state index in [1.807, 2.05) is 15.9 Å². The van der Waals surface area contributed by atoms with Gasteiger partial charge < -0.3 is 24.2 Å². The number of carbonyl (C=O) groups excluding carboxylic acids is 1. The molecule has 192 valence electrons. The number of nitrogens with one attached hydrogen (secondary N) is 1. The standard InChI is InChI=1S/C23H25Br2N5O5S/c1-34-21-17(12-15(24)13-18(21)25)22(31)26-23(36)29-6-4-27(5-7-29)16-2-3-19(30(32)33)20(14-16)28-8-10-35-11-9-28/h2-3,12-14H,4-11H2,1H3,(H,26,31,36). The maximum absolute atomic E-state index is 12.9. The third kappa shape index (κ3) is 5.90. The summed E-state index contributed by atoms with van der Waals surface area (Å²) in [5.74, 6) is 0.0735. The normalized spacial score (nSPS) is 16.0. The average molecular weight is 643 g/mol. The molecule has 2 aliphatic heterocycles. The van der Waals surface area contributed by atoms with Gasteiger partial charge >= 0.3 is 0 Å². The molecular weight excluding hydrogens is 618 g/mol. The Morgan fingerprint density at radius 1 is 1.08 bits per heavy atom. The van der Waals surface area contributed by atoms with Gasteiger partial charge in [-0.05, 0) is 52.4 Å². The predicted molar refractivity (Wildman–Crippen MR) is 148 cm³/mol. The molecule has 2 fully saturated rings. The highest BCUT2D eigenvalue weighted by molar-refractivity contribution is 9.11. The zero-order chi connectivity index (χ0) is 25.8. The molecule has 1 N–H and O–H groups in total. The molecule has 2 aromatic carbocycles. The summed E-state index contributed by atoms with van der Waals surface area (Å²) in [7, 11) is 1.50. The Morgan fingerprint density at radius 3 is 2.42 bits per heavy atom. The number of piperazine rings is 1. The number of carbonyl (C=O) groups is 1. The maximum atomic E-state index is 12.9. The summed E-state index contributed by atoms with van der Waals surface area (Å²) in [4.78, 5) is 30.3. The summed E-state index contributed by atoms with van der Waals surface area (Å²) in [5, 5.41) is 14.8. The zero-order valence-electron chi connectivity index (χ0n) is 19.5. The van der Waals surface area contributed by atoms with Gasteiger partial charge in [-0.15, -0.1) is 0 Å². The second-order valence-corrected chi connectivity index (χ2v) is 10.4. The summed E-state index contributed by atoms with van der Waals surface area (Å²) < 4.78 is 12.2. The van der Waals surface area contributed by atoms with Crippen LogP contribution in [-0.4, -0.2) is 80.4 Å². The molecule has 10 nitrogen and oxygen atoms in total. The Labute approximate surface area is 230 Å². The quantitative estimate of drug-likeness (QED) is 0.297. The minimum absolute atomic E-state index is 0.0952. The number of nitro benzene ring substituents is 1. The van der Waals surface area contributed by atoms with Gasteiger partial charge in [0.2, 0.25) is 0 Å². The number of nitro groups is 1. The smallest absolute Gasteiger partial charge is 0.292 e. The number of ether oxygens (including phenoxy) is 2. The molecule has 0 aliphatic carbocycles. The predicted octanol–water partition coefficient (Wildman–Crippen LogP) is 3.80. The number of rotatable bonds is 5. The molecule has 36 heavy (non-hydrogen) atoms. The summed E-state index contributed by atoms with van der Waals surface area (Å²) in [6.07, 6.45) is 0. The molecule has 13 heteroatoms. The molecule has 0 unspecified atom stereocenters. The van der Waals surface area contributed by atoms with Crippen LogP contribution in [0.3, 0.4) is 0 Å². The molecule has 2 heterocycles. The molecule has 0 bridgehead atoms. The van der Waals surface area contributed by atoms with Gasteiger partial charge in [0, 0.05) is 55.5 Å². The Kier molecular flexibility index (Phi) is 8.65. The van der Waals surface area contributed by atoms with E-state index in [-0.39, 0.29) is 16.5 Å². The van der Waals surface area contributed by atoms with Crippen LogP contribution in [0.4, 0.5) is 17.1 Å². The Hall–Kier alpha value is -2.48. The van der Waals surface area contributed by atoms with E-state index >= 15 is 0 Å². The van der Waals surface area contributed by atoms with Crippen LogP contribution in [0, 0.1) is 10.1 Å². The Balaban J connectivity index is 1.41. The molecule has 2 aromatic rings. The summed E-state index contributed by atoms with van der Waals surface area (Å²) >= 11 is 12.3. The monoisotopic (exact) mass is 641 g/mol. The molecule has 2 aliphatic rings. The van der Waals surface area contributed by atoms with Crippen LogP contribution in [0.5, 0.6) is 5.75 Å². The van der Waals surface area contributed by atoms with Crippen molar-refractivity contribution < 1.29 is 19.2 Å². The van der Waals surface area contributed by atoms with E-state index < -0.39 is 0 Å². The van der Waals surface area contributed by atoms with Gasteiger partial charge in [0.1, 0.15) is 11.4 Å². The van der Waals surface area contributed by atoms with Gasteiger partial charge in [-0.25, -0.2) is 0 Å². The second-order valence-electron chi connectivity index (χ2n) is 8.23. The number of thiocarbonyl (C=S) groups is 1. The first-order chi connectivity index (χ1) is 17.3. The maximum Gasteiger partial charge on any atom is 0.292 e. The van der Waals surface area contributed by atoms with E-state index in [9.17, 15) is 14.9 Å². The van der Waals surface area contributed by atoms with Crippen LogP contribution in [-0.2, 0) is 4.74 Å². The highest BCUT2D eigenvalue weighted by atomic mass is 79.9. The highest BCUT2D eigenvalue weighted by Gasteiger charge is 2.26. The summed E-state index contributed by atoms with van der Waals surface area (Å²) in [6.45, 7) is 4.84. The van der Waals surface area contributed by atoms with Crippen molar-refractivity contribution in [3.63, 3.8) is 0 Å². The molecule has 1 amide bonds. The van der Waals surface area contributed by atoms with Crippen molar-refractivity contribution in [2.45, 2.75) is 0 Å². The van der Waals surface area contributed by atoms with Gasteiger partial charge in [-0.1, -0.05) is 15.9 Å². The van der Waals surface area contributed by atoms with Crippen LogP contribution < -0.4 is 19.9 Å². The topological polar surface area (TPSA) is 100 Å². The number of hydrogen-bond donors (Lipinski definition) is 1. The van der Waals surface area contributed by atoms with Crippen LogP contribution in [0.25, 0.3) is 0 Å². The number of anilines is 2.